The molecule has 0 bridgehead atoms. The highest BCUT2D eigenvalue weighted by Gasteiger charge is 2.20. The van der Waals surface area contributed by atoms with Gasteiger partial charge in [0.15, 0.2) is 11.4 Å². The van der Waals surface area contributed by atoms with Crippen molar-refractivity contribution in [2.75, 3.05) is 5.94 Å². The molecule has 1 aromatic heterocycles. The summed E-state index contributed by atoms with van der Waals surface area (Å²) in [7, 11) is 0. The third-order valence-corrected chi connectivity index (χ3v) is 7.55. The molecular weight excluding hydrogens is 452 g/mol. The molecule has 0 saturated carbocycles. The summed E-state index contributed by atoms with van der Waals surface area (Å²) < 4.78 is 13.2. The molecule has 0 atom stereocenters. The van der Waals surface area contributed by atoms with Crippen LogP contribution in [0, 0.1) is 0 Å². The topological polar surface area (TPSA) is 52.6 Å². The van der Waals surface area contributed by atoms with E-state index in [4.69, 9.17) is 8.92 Å². The van der Waals surface area contributed by atoms with Crippen LogP contribution < -0.4 is 10.2 Å². The molecule has 0 aliphatic heterocycles. The second-order valence-corrected chi connectivity index (χ2v) is 9.31. The first-order valence-electron chi connectivity index (χ1n) is 10.3. The number of carbonyl (C=O) groups excluding carboxylic acids is 1. The first-order valence-corrected chi connectivity index (χ1v) is 12.0. The maximum atomic E-state index is 13.4. The number of fused-ring (bicyclic) bond motifs is 4. The number of ether oxygens (including phenoxy) is 1. The maximum Gasteiger partial charge on any atom is 0.342 e. The Balaban J connectivity index is 1.70. The second-order valence-electron chi connectivity index (χ2n) is 7.62. The molecule has 0 radical (unpaired) electrons. The van der Waals surface area contributed by atoms with Crippen molar-refractivity contribution in [2.24, 2.45) is 0 Å². The van der Waals surface area contributed by atoms with Crippen molar-refractivity contribution < 1.29 is 13.7 Å². The molecule has 0 unspecified atom stereocenters. The fraction of sp³-hybridized carbons (Fsp3) is 0.0370. The van der Waals surface area contributed by atoms with Gasteiger partial charge < -0.3 is 8.92 Å². The summed E-state index contributed by atoms with van der Waals surface area (Å²) in [4.78, 5) is 24.7. The minimum atomic E-state index is -0.513. The summed E-state index contributed by atoms with van der Waals surface area (Å²) >= 11 is 2.56. The minimum absolute atomic E-state index is 0.0417. The van der Waals surface area contributed by atoms with E-state index in [9.17, 15) is 9.59 Å². The van der Waals surface area contributed by atoms with Crippen LogP contribution in [0.1, 0.15) is 0 Å². The summed E-state index contributed by atoms with van der Waals surface area (Å²) in [5, 5.41) is 7.50. The highest BCUT2D eigenvalue weighted by atomic mass is 32.2. The highest BCUT2D eigenvalue weighted by Crippen LogP contribution is 2.46. The molecule has 6 rings (SSSR count). The number of benzene rings is 5. The van der Waals surface area contributed by atoms with E-state index in [-0.39, 0.29) is 11.4 Å². The predicted octanol–water partition coefficient (Wildman–Crippen LogP) is 7.03. The Morgan fingerprint density at radius 1 is 0.879 bits per heavy atom. The zero-order valence-corrected chi connectivity index (χ0v) is 18.9. The van der Waals surface area contributed by atoms with E-state index in [0.29, 0.717) is 16.5 Å². The van der Waals surface area contributed by atoms with Crippen LogP contribution in [0.25, 0.3) is 52.5 Å². The average molecular weight is 469 g/mol. The van der Waals surface area contributed by atoms with Crippen LogP contribution >= 0.6 is 23.4 Å². The lowest BCUT2D eigenvalue weighted by atomic mass is 9.92. The Morgan fingerprint density at radius 2 is 1.61 bits per heavy atom. The normalized spacial score (nSPS) is 11.6. The fourth-order valence-corrected chi connectivity index (χ4v) is 6.09. The molecule has 0 aliphatic rings. The Hall–Kier alpha value is -3.61. The number of hydrogen-bond donors (Lipinski definition) is 0. The molecule has 0 aliphatic carbocycles. The number of rotatable bonds is 5. The fourth-order valence-electron chi connectivity index (χ4n) is 4.50. The van der Waals surface area contributed by atoms with Crippen molar-refractivity contribution in [1.29, 1.82) is 0 Å². The van der Waals surface area contributed by atoms with Crippen LogP contribution in [-0.2, 0) is 8.98 Å². The van der Waals surface area contributed by atoms with Gasteiger partial charge in [-0.25, -0.2) is 4.79 Å². The van der Waals surface area contributed by atoms with Gasteiger partial charge in [0.05, 0.1) is 4.70 Å². The van der Waals surface area contributed by atoms with Crippen molar-refractivity contribution in [1.82, 2.24) is 0 Å². The Morgan fingerprint density at radius 3 is 2.42 bits per heavy atom. The van der Waals surface area contributed by atoms with Gasteiger partial charge in [-0.05, 0) is 39.7 Å². The third-order valence-electron chi connectivity index (χ3n) is 5.87. The Bertz CT molecular complexity index is 1780. The lowest BCUT2D eigenvalue weighted by Crippen LogP contribution is -2.04. The first kappa shape index (κ1) is 20.0. The number of hydrogen-bond acceptors (Lipinski definition) is 6. The van der Waals surface area contributed by atoms with E-state index in [1.54, 1.807) is 11.3 Å². The van der Waals surface area contributed by atoms with Crippen molar-refractivity contribution >= 4 is 81.8 Å². The van der Waals surface area contributed by atoms with Crippen LogP contribution in [0.4, 0.5) is 0 Å². The number of carbonyl (C=O) groups is 1. The van der Waals surface area contributed by atoms with Gasteiger partial charge in [-0.2, -0.15) is 0 Å². The van der Waals surface area contributed by atoms with Crippen LogP contribution in [0.15, 0.2) is 84.2 Å². The van der Waals surface area contributed by atoms with Gasteiger partial charge in [0, 0.05) is 32.3 Å². The molecule has 6 heteroatoms. The Kier molecular flexibility index (Phi) is 4.71. The summed E-state index contributed by atoms with van der Waals surface area (Å²) in [5.41, 5.74) is 0.0417. The first-order chi connectivity index (χ1) is 16.2. The molecule has 6 aromatic rings. The molecular formula is C27H16O4S2. The van der Waals surface area contributed by atoms with Gasteiger partial charge in [-0.1, -0.05) is 55.1 Å². The standard InChI is InChI=1S/C27H16O4S2/c1-2-23(28)31-32-14-30-21-13-20-15-7-3-4-9-18(15)26(29)19-12-11-17-16-8-5-6-10-22(16)33-27(21)25(17)24(19)20/h2-13H,1,14H2. The van der Waals surface area contributed by atoms with E-state index in [1.165, 1.54) is 0 Å². The smallest absolute Gasteiger partial charge is 0.342 e. The van der Waals surface area contributed by atoms with Gasteiger partial charge in [-0.15, -0.1) is 11.3 Å². The van der Waals surface area contributed by atoms with E-state index in [0.717, 1.165) is 59.8 Å². The zero-order chi connectivity index (χ0) is 22.5. The molecule has 0 fully saturated rings. The molecule has 33 heavy (non-hydrogen) atoms. The largest absolute Gasteiger partial charge is 0.478 e. The van der Waals surface area contributed by atoms with Crippen molar-refractivity contribution in [3.8, 4) is 5.75 Å². The third kappa shape index (κ3) is 3.06. The van der Waals surface area contributed by atoms with E-state index < -0.39 is 5.97 Å². The van der Waals surface area contributed by atoms with Gasteiger partial charge in [0.25, 0.3) is 0 Å². The van der Waals surface area contributed by atoms with Crippen LogP contribution in [0.5, 0.6) is 5.75 Å². The van der Waals surface area contributed by atoms with Crippen LogP contribution in [-0.4, -0.2) is 11.9 Å². The van der Waals surface area contributed by atoms with Gasteiger partial charge >= 0.3 is 5.97 Å². The summed E-state index contributed by atoms with van der Waals surface area (Å²) in [6, 6.07) is 21.9. The lowest BCUT2D eigenvalue weighted by Gasteiger charge is -2.17. The molecule has 0 saturated heterocycles. The lowest BCUT2D eigenvalue weighted by molar-refractivity contribution is -0.127. The summed E-state index contributed by atoms with van der Waals surface area (Å²) in [6.45, 7) is 3.40. The Labute approximate surface area is 196 Å². The molecule has 4 nitrogen and oxygen atoms in total. The van der Waals surface area contributed by atoms with Gasteiger partial charge in [-0.3, -0.25) is 4.79 Å². The quantitative estimate of drug-likeness (QED) is 0.0679. The summed E-state index contributed by atoms with van der Waals surface area (Å²) in [5.74, 6) is 0.318. The van der Waals surface area contributed by atoms with Gasteiger partial charge in [0.2, 0.25) is 0 Å². The SMILES string of the molecule is C=CC(=O)OSCOc1cc2c3ccccc3c(=O)c3ccc4c5ccccc5sc1c4c32. The van der Waals surface area contributed by atoms with E-state index in [1.807, 2.05) is 54.6 Å². The summed E-state index contributed by atoms with van der Waals surface area (Å²) in [6.07, 6.45) is 1.12. The van der Waals surface area contributed by atoms with E-state index >= 15 is 0 Å². The molecule has 1 heterocycles. The van der Waals surface area contributed by atoms with Gasteiger partial charge in [0.1, 0.15) is 17.8 Å². The zero-order valence-electron chi connectivity index (χ0n) is 17.3. The van der Waals surface area contributed by atoms with Crippen LogP contribution in [0.2, 0.25) is 0 Å². The average Bonchev–Trinajstić information content (AvgIpc) is 2.86. The minimum Gasteiger partial charge on any atom is -0.478 e. The van der Waals surface area contributed by atoms with Crippen molar-refractivity contribution in [2.45, 2.75) is 0 Å². The molecule has 0 amide bonds. The maximum absolute atomic E-state index is 13.4. The molecule has 5 aromatic carbocycles. The van der Waals surface area contributed by atoms with Crippen LogP contribution in [0.3, 0.4) is 0 Å². The van der Waals surface area contributed by atoms with Crippen molar-refractivity contribution in [3.05, 3.63) is 89.6 Å². The molecule has 0 spiro atoms. The van der Waals surface area contributed by atoms with Crippen molar-refractivity contribution in [3.63, 3.8) is 0 Å². The monoisotopic (exact) mass is 468 g/mol. The molecule has 0 N–H and O–H groups in total. The second kappa shape index (κ2) is 7.76. The highest BCUT2D eigenvalue weighted by molar-refractivity contribution is 7.94. The van der Waals surface area contributed by atoms with E-state index in [2.05, 4.69) is 18.7 Å². The predicted molar refractivity (Wildman–Crippen MR) is 139 cm³/mol. The molecule has 160 valence electrons.